The number of unbranched alkanes of at least 4 members (excludes halogenated alkanes) is 1. The lowest BCUT2D eigenvalue weighted by Crippen LogP contribution is -2.65. The van der Waals surface area contributed by atoms with E-state index < -0.39 is 70.0 Å². The summed E-state index contributed by atoms with van der Waals surface area (Å²) in [4.78, 5) is 70.2. The Labute approximate surface area is 250 Å². The van der Waals surface area contributed by atoms with Crippen LogP contribution in [0.2, 0.25) is 0 Å². The minimum absolute atomic E-state index is 0.0208. The van der Waals surface area contributed by atoms with E-state index in [4.69, 9.17) is 19.9 Å². The third kappa shape index (κ3) is 5.17. The molecule has 0 bridgehead atoms. The Kier molecular flexibility index (Phi) is 8.73. The minimum atomic E-state index is -2.43. The van der Waals surface area contributed by atoms with Gasteiger partial charge in [-0.15, -0.1) is 0 Å². The van der Waals surface area contributed by atoms with Crippen LogP contribution in [0, 0.1) is 11.8 Å². The summed E-state index contributed by atoms with van der Waals surface area (Å²) >= 11 is 0. The molecule has 0 heterocycles. The van der Waals surface area contributed by atoms with Gasteiger partial charge in [0.15, 0.2) is 11.5 Å². The number of fused-ring (bicyclic) bond motifs is 3. The summed E-state index contributed by atoms with van der Waals surface area (Å²) in [5.41, 5.74) is 4.10. The second-order valence-electron chi connectivity index (χ2n) is 11.6. The molecule has 1 amide bonds. The van der Waals surface area contributed by atoms with Gasteiger partial charge in [0.05, 0.1) is 18.2 Å². The fourth-order valence-corrected chi connectivity index (χ4v) is 6.71. The van der Waals surface area contributed by atoms with Gasteiger partial charge in [-0.3, -0.25) is 28.9 Å². The first-order valence-corrected chi connectivity index (χ1v) is 14.3. The lowest BCUT2D eigenvalue weighted by atomic mass is 9.58. The van der Waals surface area contributed by atoms with Crippen LogP contribution in [0.1, 0.15) is 56.0 Å². The fraction of sp³-hybridized carbons (Fsp3) is 0.516. The number of rotatable bonds is 9. The van der Waals surface area contributed by atoms with Crippen LogP contribution in [0.15, 0.2) is 34.8 Å². The molecule has 0 spiro atoms. The first-order chi connectivity index (χ1) is 20.2. The molecule has 4 rings (SSSR count). The number of aliphatic hydroxyl groups excluding tert-OH is 1. The van der Waals surface area contributed by atoms with Crippen LogP contribution in [0.3, 0.4) is 0 Å². The second kappa shape index (κ2) is 11.8. The molecule has 0 saturated heterocycles. The number of aliphatic hydroxyl groups is 1. The molecule has 0 saturated carbocycles. The van der Waals surface area contributed by atoms with Crippen LogP contribution in [-0.2, 0) is 35.1 Å². The molecule has 3 aliphatic carbocycles. The van der Waals surface area contributed by atoms with Crippen molar-refractivity contribution in [1.82, 2.24) is 4.90 Å². The van der Waals surface area contributed by atoms with Crippen LogP contribution in [0.25, 0.3) is 0 Å². The lowest BCUT2D eigenvalue weighted by Gasteiger charge is -2.52. The topological polar surface area (TPSA) is 166 Å². The number of ether oxygens (including phenoxy) is 3. The number of nitrogens with zero attached hydrogens (tertiary/aromatic N) is 2. The zero-order chi connectivity index (χ0) is 32.0. The number of allylic oxidation sites excluding steroid dienone is 1. The number of benzene rings is 1. The molecule has 1 aromatic carbocycles. The highest BCUT2D eigenvalue weighted by molar-refractivity contribution is 6.25. The molecule has 12 nitrogen and oxygen atoms in total. The Morgan fingerprint density at radius 1 is 1.09 bits per heavy atom. The van der Waals surface area contributed by atoms with E-state index in [1.165, 1.54) is 0 Å². The van der Waals surface area contributed by atoms with Crippen molar-refractivity contribution in [3.63, 3.8) is 0 Å². The quantitative estimate of drug-likeness (QED) is 0.244. The third-order valence-electron chi connectivity index (χ3n) is 8.30. The monoisotopic (exact) mass is 597 g/mol. The van der Waals surface area contributed by atoms with Gasteiger partial charge in [-0.25, -0.2) is 0 Å². The van der Waals surface area contributed by atoms with E-state index >= 15 is 0 Å². The van der Waals surface area contributed by atoms with E-state index in [1.54, 1.807) is 25.1 Å². The highest BCUT2D eigenvalue weighted by Crippen LogP contribution is 2.55. The summed E-state index contributed by atoms with van der Waals surface area (Å²) in [5.74, 6) is -7.11. The molecule has 0 fully saturated rings. The fourth-order valence-electron chi connectivity index (χ4n) is 6.71. The van der Waals surface area contributed by atoms with Crippen molar-refractivity contribution in [2.24, 2.45) is 17.6 Å². The van der Waals surface area contributed by atoms with Gasteiger partial charge in [-0.05, 0) is 57.0 Å². The number of hydrogen-bond acceptors (Lipinski definition) is 11. The van der Waals surface area contributed by atoms with E-state index in [-0.39, 0.29) is 17.6 Å². The molecule has 0 radical (unpaired) electrons. The number of ketones is 2. The van der Waals surface area contributed by atoms with Crippen molar-refractivity contribution in [2.45, 2.75) is 58.1 Å². The largest absolute Gasteiger partial charge is 0.510 e. The van der Waals surface area contributed by atoms with Crippen molar-refractivity contribution in [3.8, 4) is 5.75 Å². The van der Waals surface area contributed by atoms with E-state index in [0.29, 0.717) is 18.8 Å². The first-order valence-electron chi connectivity index (χ1n) is 14.3. The maximum absolute atomic E-state index is 14.6. The molecule has 0 aliphatic heterocycles. The Hall–Kier alpha value is -4.19. The van der Waals surface area contributed by atoms with Gasteiger partial charge in [-0.1, -0.05) is 13.3 Å². The average Bonchev–Trinajstić information content (AvgIpc) is 2.88. The van der Waals surface area contributed by atoms with Gasteiger partial charge < -0.3 is 30.0 Å². The normalized spacial score (nSPS) is 24.7. The standard InChI is InChI=1S/C31H39N3O9/c1-8-9-12-41-21-11-10-20(33(4)5)18-13-17-14-19-25(34(6)7)27(38)24(30(32)40)28(39)31(19,43-16(3)36)29(42-15(2)35)22(17)26(37)23(18)21/h10-11,17,19,25,38H,8-9,12-14H2,1-7H3,(H2,32,40). The number of hydrogen-bond donors (Lipinski definition) is 2. The smallest absolute Gasteiger partial charge is 0.307 e. The molecule has 1 aromatic rings. The number of esters is 2. The number of likely N-dealkylation sites (N-methyl/N-ethyl adjacent to an activating group) is 1. The number of carbonyl (C=O) groups excluding carboxylic acids is 5. The number of amides is 1. The van der Waals surface area contributed by atoms with E-state index in [2.05, 4.69) is 0 Å². The lowest BCUT2D eigenvalue weighted by molar-refractivity contribution is -0.180. The molecule has 12 heteroatoms. The van der Waals surface area contributed by atoms with Crippen LogP contribution < -0.4 is 15.4 Å². The number of Topliss-reactive ketones (excluding diaryl/α,β-unsaturated/α-hetero) is 2. The summed E-state index contributed by atoms with van der Waals surface area (Å²) in [7, 11) is 6.94. The summed E-state index contributed by atoms with van der Waals surface area (Å²) in [6.07, 6.45) is 2.00. The van der Waals surface area contributed by atoms with Crippen LogP contribution in [0.4, 0.5) is 5.69 Å². The molecular formula is C31H39N3O9. The van der Waals surface area contributed by atoms with E-state index in [0.717, 1.165) is 37.9 Å². The Morgan fingerprint density at radius 3 is 2.30 bits per heavy atom. The molecule has 232 valence electrons. The SMILES string of the molecule is CCCCOc1ccc(N(C)C)c2c1C(=O)C1=C(OC(C)=O)C3(OC(C)=O)C(=O)C(C(N)=O)=C(O)C(N(C)C)C3CC1C2. The first kappa shape index (κ1) is 31.7. The van der Waals surface area contributed by atoms with Crippen LogP contribution in [0.5, 0.6) is 5.75 Å². The van der Waals surface area contributed by atoms with Gasteiger partial charge in [-0.2, -0.15) is 0 Å². The van der Waals surface area contributed by atoms with Crippen molar-refractivity contribution >= 4 is 35.1 Å². The predicted octanol–water partition coefficient (Wildman–Crippen LogP) is 2.24. The van der Waals surface area contributed by atoms with Crippen molar-refractivity contribution in [2.75, 3.05) is 39.7 Å². The molecule has 3 aliphatic rings. The number of nitrogens with two attached hydrogens (primary N) is 1. The van der Waals surface area contributed by atoms with Crippen molar-refractivity contribution in [3.05, 3.63) is 45.9 Å². The van der Waals surface area contributed by atoms with Crippen LogP contribution in [-0.4, -0.2) is 85.9 Å². The van der Waals surface area contributed by atoms with Crippen LogP contribution >= 0.6 is 0 Å². The Morgan fingerprint density at radius 2 is 1.77 bits per heavy atom. The molecule has 4 atom stereocenters. The zero-order valence-corrected chi connectivity index (χ0v) is 25.6. The number of carbonyl (C=O) groups is 5. The number of anilines is 1. The summed E-state index contributed by atoms with van der Waals surface area (Å²) in [6.45, 7) is 4.54. The molecule has 0 aromatic heterocycles. The average molecular weight is 598 g/mol. The molecule has 43 heavy (non-hydrogen) atoms. The highest BCUT2D eigenvalue weighted by Gasteiger charge is 2.67. The van der Waals surface area contributed by atoms with Gasteiger partial charge >= 0.3 is 11.9 Å². The van der Waals surface area contributed by atoms with Gasteiger partial charge in [0.25, 0.3) is 5.91 Å². The minimum Gasteiger partial charge on any atom is -0.510 e. The third-order valence-corrected chi connectivity index (χ3v) is 8.30. The van der Waals surface area contributed by atoms with Gasteiger partial charge in [0.1, 0.15) is 17.1 Å². The maximum atomic E-state index is 14.6. The molecule has 3 N–H and O–H groups in total. The molecule has 4 unspecified atom stereocenters. The highest BCUT2D eigenvalue weighted by atomic mass is 16.6. The number of primary amides is 1. The van der Waals surface area contributed by atoms with Gasteiger partial charge in [0.2, 0.25) is 11.4 Å². The zero-order valence-electron chi connectivity index (χ0n) is 25.6. The summed E-state index contributed by atoms with van der Waals surface area (Å²) < 4.78 is 17.5. The maximum Gasteiger partial charge on any atom is 0.307 e. The van der Waals surface area contributed by atoms with E-state index in [1.807, 2.05) is 32.0 Å². The van der Waals surface area contributed by atoms with Gasteiger partial charge in [0, 0.05) is 45.1 Å². The molecular weight excluding hydrogens is 558 g/mol. The van der Waals surface area contributed by atoms with Crippen molar-refractivity contribution in [1.29, 1.82) is 0 Å². The second-order valence-corrected chi connectivity index (χ2v) is 11.6. The Balaban J connectivity index is 2.10. The summed E-state index contributed by atoms with van der Waals surface area (Å²) in [5, 5.41) is 11.2. The van der Waals surface area contributed by atoms with E-state index in [9.17, 15) is 29.1 Å². The van der Waals surface area contributed by atoms with Crippen molar-refractivity contribution < 1.29 is 43.3 Å². The Bertz CT molecular complexity index is 1460. The summed E-state index contributed by atoms with van der Waals surface area (Å²) in [6, 6.07) is 2.53. The predicted molar refractivity (Wildman–Crippen MR) is 155 cm³/mol.